The van der Waals surface area contributed by atoms with Crippen LogP contribution in [0.4, 0.5) is 4.39 Å². The van der Waals surface area contributed by atoms with Crippen LogP contribution in [0.25, 0.3) is 10.9 Å². The lowest BCUT2D eigenvalue weighted by Gasteiger charge is -1.96. The largest absolute Gasteiger partial charge is 0.298 e. The first-order valence-corrected chi connectivity index (χ1v) is 3.79. The van der Waals surface area contributed by atoms with Gasteiger partial charge in [-0.2, -0.15) is 5.10 Å². The maximum absolute atomic E-state index is 13.1. The Balaban J connectivity index is 2.83. The van der Waals surface area contributed by atoms with Gasteiger partial charge in [-0.3, -0.25) is 9.48 Å². The van der Waals surface area contributed by atoms with Crippen LogP contribution in [-0.2, 0) is 7.05 Å². The normalized spacial score (nSPS) is 10.6. The van der Waals surface area contributed by atoms with Gasteiger partial charge in [0.05, 0.1) is 17.3 Å². The molecule has 0 amide bonds. The number of rotatable bonds is 1. The molecule has 4 heteroatoms. The Morgan fingerprint density at radius 2 is 2.31 bits per heavy atom. The predicted molar refractivity (Wildman–Crippen MR) is 46.1 cm³/mol. The third kappa shape index (κ3) is 1.11. The van der Waals surface area contributed by atoms with Crippen molar-refractivity contribution < 1.29 is 9.18 Å². The Morgan fingerprint density at radius 1 is 1.54 bits per heavy atom. The molecule has 66 valence electrons. The van der Waals surface area contributed by atoms with Gasteiger partial charge in [-0.15, -0.1) is 0 Å². The third-order valence-electron chi connectivity index (χ3n) is 1.99. The molecule has 1 aromatic carbocycles. The maximum atomic E-state index is 13.1. The van der Waals surface area contributed by atoms with Crippen molar-refractivity contribution in [3.63, 3.8) is 0 Å². The standard InChI is InChI=1S/C9H7FN2O/c1-12-9-3-8(10)7(5-13)2-6(9)4-11-12/h2-5H,1H3. The molecule has 0 saturated carbocycles. The summed E-state index contributed by atoms with van der Waals surface area (Å²) < 4.78 is 14.7. The molecule has 0 N–H and O–H groups in total. The van der Waals surface area contributed by atoms with E-state index in [0.717, 1.165) is 5.39 Å². The molecule has 0 aliphatic rings. The molecule has 0 fully saturated rings. The molecule has 0 atom stereocenters. The van der Waals surface area contributed by atoms with Crippen LogP contribution < -0.4 is 0 Å². The van der Waals surface area contributed by atoms with Crippen molar-refractivity contribution in [1.29, 1.82) is 0 Å². The van der Waals surface area contributed by atoms with Crippen molar-refractivity contribution in [2.24, 2.45) is 7.05 Å². The number of fused-ring (bicyclic) bond motifs is 1. The van der Waals surface area contributed by atoms with E-state index >= 15 is 0 Å². The van der Waals surface area contributed by atoms with Crippen molar-refractivity contribution in [1.82, 2.24) is 9.78 Å². The van der Waals surface area contributed by atoms with E-state index in [0.29, 0.717) is 11.8 Å². The van der Waals surface area contributed by atoms with Gasteiger partial charge in [0.1, 0.15) is 5.82 Å². The fraction of sp³-hybridized carbons (Fsp3) is 0.111. The fourth-order valence-electron chi connectivity index (χ4n) is 1.28. The Bertz CT molecular complexity index is 476. The molecule has 0 unspecified atom stereocenters. The zero-order valence-electron chi connectivity index (χ0n) is 6.99. The van der Waals surface area contributed by atoms with Crippen molar-refractivity contribution in [3.05, 3.63) is 29.7 Å². The SMILES string of the molecule is Cn1ncc2cc(C=O)c(F)cc21. The monoisotopic (exact) mass is 178 g/mol. The maximum Gasteiger partial charge on any atom is 0.153 e. The summed E-state index contributed by atoms with van der Waals surface area (Å²) in [6.07, 6.45) is 2.10. The van der Waals surface area contributed by atoms with E-state index in [1.165, 1.54) is 12.1 Å². The molecular weight excluding hydrogens is 171 g/mol. The van der Waals surface area contributed by atoms with Crippen LogP contribution in [0.15, 0.2) is 18.3 Å². The number of carbonyl (C=O) groups is 1. The lowest BCUT2D eigenvalue weighted by atomic mass is 10.2. The molecule has 0 spiro atoms. The predicted octanol–water partition coefficient (Wildman–Crippen LogP) is 1.52. The summed E-state index contributed by atoms with van der Waals surface area (Å²) in [6, 6.07) is 2.80. The van der Waals surface area contributed by atoms with Gasteiger partial charge in [-0.05, 0) is 6.07 Å². The molecule has 3 nitrogen and oxygen atoms in total. The first-order valence-electron chi connectivity index (χ1n) is 3.79. The van der Waals surface area contributed by atoms with E-state index in [1.807, 2.05) is 0 Å². The number of aromatic nitrogens is 2. The molecule has 2 aromatic rings. The van der Waals surface area contributed by atoms with Gasteiger partial charge < -0.3 is 0 Å². The summed E-state index contributed by atoms with van der Waals surface area (Å²) in [6.45, 7) is 0. The van der Waals surface area contributed by atoms with Gasteiger partial charge >= 0.3 is 0 Å². The first kappa shape index (κ1) is 7.91. The van der Waals surface area contributed by atoms with E-state index in [1.54, 1.807) is 17.9 Å². The number of hydrogen-bond acceptors (Lipinski definition) is 2. The summed E-state index contributed by atoms with van der Waals surface area (Å²) in [5.74, 6) is -0.508. The van der Waals surface area contributed by atoms with Gasteiger partial charge in [0.25, 0.3) is 0 Å². The summed E-state index contributed by atoms with van der Waals surface area (Å²) in [4.78, 5) is 10.4. The minimum absolute atomic E-state index is 0.0699. The lowest BCUT2D eigenvalue weighted by Crippen LogP contribution is -1.91. The second-order valence-electron chi connectivity index (χ2n) is 2.82. The Morgan fingerprint density at radius 3 is 3.00 bits per heavy atom. The van der Waals surface area contributed by atoms with E-state index < -0.39 is 5.82 Å². The average Bonchev–Trinajstić information content (AvgIpc) is 2.47. The summed E-state index contributed by atoms with van der Waals surface area (Å²) >= 11 is 0. The second kappa shape index (κ2) is 2.65. The smallest absolute Gasteiger partial charge is 0.153 e. The summed E-state index contributed by atoms with van der Waals surface area (Å²) in [5.41, 5.74) is 0.753. The van der Waals surface area contributed by atoms with Crippen molar-refractivity contribution >= 4 is 17.2 Å². The Hall–Kier alpha value is -1.71. The molecular formula is C9H7FN2O. The van der Waals surface area contributed by atoms with Gasteiger partial charge in [0.2, 0.25) is 0 Å². The highest BCUT2D eigenvalue weighted by atomic mass is 19.1. The molecule has 1 aromatic heterocycles. The van der Waals surface area contributed by atoms with Crippen LogP contribution in [0.1, 0.15) is 10.4 Å². The van der Waals surface area contributed by atoms with Crippen LogP contribution in [0.3, 0.4) is 0 Å². The lowest BCUT2D eigenvalue weighted by molar-refractivity contribution is 0.112. The highest BCUT2D eigenvalue weighted by molar-refractivity contribution is 5.87. The molecule has 0 saturated heterocycles. The molecule has 0 radical (unpaired) electrons. The quantitative estimate of drug-likeness (QED) is 0.620. The van der Waals surface area contributed by atoms with E-state index in [-0.39, 0.29) is 5.56 Å². The van der Waals surface area contributed by atoms with E-state index in [4.69, 9.17) is 0 Å². The zero-order valence-corrected chi connectivity index (χ0v) is 6.99. The minimum Gasteiger partial charge on any atom is -0.298 e. The first-order chi connectivity index (χ1) is 6.22. The van der Waals surface area contributed by atoms with E-state index in [9.17, 15) is 9.18 Å². The van der Waals surface area contributed by atoms with Crippen molar-refractivity contribution in [2.45, 2.75) is 0 Å². The van der Waals surface area contributed by atoms with Gasteiger partial charge in [-0.25, -0.2) is 4.39 Å². The number of nitrogens with zero attached hydrogens (tertiary/aromatic N) is 2. The van der Waals surface area contributed by atoms with Gasteiger partial charge in [0.15, 0.2) is 6.29 Å². The highest BCUT2D eigenvalue weighted by Crippen LogP contribution is 2.16. The van der Waals surface area contributed by atoms with Crippen LogP contribution in [-0.4, -0.2) is 16.1 Å². The Labute approximate surface area is 73.8 Å². The van der Waals surface area contributed by atoms with Crippen LogP contribution in [0.5, 0.6) is 0 Å². The zero-order chi connectivity index (χ0) is 9.42. The molecule has 1 heterocycles. The number of halogens is 1. The number of aldehydes is 1. The number of aryl methyl sites for hydroxylation is 1. The van der Waals surface area contributed by atoms with Gasteiger partial charge in [0, 0.05) is 18.5 Å². The summed E-state index contributed by atoms with van der Waals surface area (Å²) in [7, 11) is 1.72. The molecule has 0 aliphatic heterocycles. The molecule has 2 rings (SSSR count). The fourth-order valence-corrected chi connectivity index (χ4v) is 1.28. The third-order valence-corrected chi connectivity index (χ3v) is 1.99. The second-order valence-corrected chi connectivity index (χ2v) is 2.82. The number of carbonyl (C=O) groups excluding carboxylic acids is 1. The molecule has 0 aliphatic carbocycles. The summed E-state index contributed by atoms with van der Waals surface area (Å²) in [5, 5.41) is 4.72. The van der Waals surface area contributed by atoms with Crippen LogP contribution >= 0.6 is 0 Å². The van der Waals surface area contributed by atoms with Crippen molar-refractivity contribution in [3.8, 4) is 0 Å². The van der Waals surface area contributed by atoms with Crippen LogP contribution in [0.2, 0.25) is 0 Å². The molecule has 0 bridgehead atoms. The van der Waals surface area contributed by atoms with E-state index in [2.05, 4.69) is 5.10 Å². The van der Waals surface area contributed by atoms with Gasteiger partial charge in [-0.1, -0.05) is 0 Å². The Kier molecular flexibility index (Phi) is 1.62. The van der Waals surface area contributed by atoms with Crippen LogP contribution in [0, 0.1) is 5.82 Å². The molecule has 13 heavy (non-hydrogen) atoms. The topological polar surface area (TPSA) is 34.9 Å². The number of hydrogen-bond donors (Lipinski definition) is 0. The average molecular weight is 178 g/mol. The van der Waals surface area contributed by atoms with Crippen molar-refractivity contribution in [2.75, 3.05) is 0 Å². The highest BCUT2D eigenvalue weighted by Gasteiger charge is 2.06. The number of benzene rings is 1. The minimum atomic E-state index is -0.508.